The van der Waals surface area contributed by atoms with Crippen LogP contribution in [0.3, 0.4) is 0 Å². The van der Waals surface area contributed by atoms with E-state index in [1.54, 1.807) is 12.1 Å². The maximum atomic E-state index is 11.5. The molecule has 1 N–H and O–H groups in total. The number of carbonyl (C=O) groups excluding carboxylic acids is 1. The zero-order valence-corrected chi connectivity index (χ0v) is 10.5. The maximum Gasteiger partial charge on any atom is 0.338 e. The summed E-state index contributed by atoms with van der Waals surface area (Å²) in [5, 5.41) is 3.13. The van der Waals surface area contributed by atoms with Crippen molar-refractivity contribution < 1.29 is 19.0 Å². The molecule has 94 valence electrons. The molecule has 0 fully saturated rings. The average Bonchev–Trinajstić information content (AvgIpc) is 2.38. The van der Waals surface area contributed by atoms with Crippen LogP contribution in [0.1, 0.15) is 17.3 Å². The first kappa shape index (κ1) is 13.2. The summed E-state index contributed by atoms with van der Waals surface area (Å²) in [6.07, 6.45) is 0. The number of nitrogens with one attached hydrogen (secondary N) is 1. The number of ether oxygens (including phenoxy) is 3. The van der Waals surface area contributed by atoms with Gasteiger partial charge in [-0.25, -0.2) is 4.79 Å². The number of esters is 1. The van der Waals surface area contributed by atoms with E-state index in [-0.39, 0.29) is 0 Å². The van der Waals surface area contributed by atoms with Crippen molar-refractivity contribution in [3.05, 3.63) is 17.7 Å². The van der Waals surface area contributed by atoms with Crippen molar-refractivity contribution in [1.29, 1.82) is 0 Å². The fourth-order valence-corrected chi connectivity index (χ4v) is 1.50. The minimum absolute atomic E-state index is 0.392. The first-order chi connectivity index (χ1) is 8.17. The summed E-state index contributed by atoms with van der Waals surface area (Å²) in [6, 6.07) is 3.23. The maximum absolute atomic E-state index is 11.5. The molecular formula is C12H17NO4. The van der Waals surface area contributed by atoms with Crippen LogP contribution in [-0.4, -0.2) is 33.8 Å². The van der Waals surface area contributed by atoms with Crippen LogP contribution in [0.2, 0.25) is 0 Å². The Hall–Kier alpha value is -1.91. The van der Waals surface area contributed by atoms with Gasteiger partial charge in [-0.2, -0.15) is 0 Å². The second-order valence-electron chi connectivity index (χ2n) is 3.28. The van der Waals surface area contributed by atoms with Crippen LogP contribution in [0.5, 0.6) is 11.5 Å². The summed E-state index contributed by atoms with van der Waals surface area (Å²) in [5.41, 5.74) is 1.12. The Kier molecular flexibility index (Phi) is 4.63. The topological polar surface area (TPSA) is 56.8 Å². The molecule has 0 heterocycles. The van der Waals surface area contributed by atoms with Gasteiger partial charge in [-0.3, -0.25) is 0 Å². The molecule has 0 bridgehead atoms. The molecule has 0 radical (unpaired) electrons. The molecule has 0 aliphatic carbocycles. The Bertz CT molecular complexity index is 378. The number of methoxy groups -OCH3 is 3. The van der Waals surface area contributed by atoms with Crippen molar-refractivity contribution in [3.8, 4) is 11.5 Å². The molecule has 0 unspecified atom stereocenters. The summed E-state index contributed by atoms with van der Waals surface area (Å²) in [5.74, 6) is 0.669. The van der Waals surface area contributed by atoms with Gasteiger partial charge >= 0.3 is 5.97 Å². The van der Waals surface area contributed by atoms with Gasteiger partial charge in [0, 0.05) is 6.54 Å². The minimum Gasteiger partial charge on any atom is -0.494 e. The molecule has 0 atom stereocenters. The summed E-state index contributed by atoms with van der Waals surface area (Å²) >= 11 is 0. The third-order valence-electron chi connectivity index (χ3n) is 2.28. The molecule has 5 heteroatoms. The Labute approximate surface area is 101 Å². The van der Waals surface area contributed by atoms with Crippen molar-refractivity contribution in [2.45, 2.75) is 6.92 Å². The lowest BCUT2D eigenvalue weighted by molar-refractivity contribution is 0.0600. The number of anilines is 1. The van der Waals surface area contributed by atoms with Crippen LogP contribution in [-0.2, 0) is 4.74 Å². The van der Waals surface area contributed by atoms with Gasteiger partial charge in [0.05, 0.1) is 26.9 Å². The van der Waals surface area contributed by atoms with Gasteiger partial charge in [0.1, 0.15) is 17.2 Å². The highest BCUT2D eigenvalue weighted by atomic mass is 16.5. The molecule has 0 aliphatic heterocycles. The third-order valence-corrected chi connectivity index (χ3v) is 2.28. The van der Waals surface area contributed by atoms with Crippen LogP contribution in [0.4, 0.5) is 5.69 Å². The van der Waals surface area contributed by atoms with Gasteiger partial charge in [-0.15, -0.1) is 0 Å². The van der Waals surface area contributed by atoms with E-state index in [9.17, 15) is 4.79 Å². The van der Waals surface area contributed by atoms with E-state index in [4.69, 9.17) is 9.47 Å². The van der Waals surface area contributed by atoms with E-state index < -0.39 is 5.97 Å². The number of hydrogen-bond donors (Lipinski definition) is 1. The number of benzene rings is 1. The van der Waals surface area contributed by atoms with E-state index in [2.05, 4.69) is 10.1 Å². The van der Waals surface area contributed by atoms with E-state index in [0.717, 1.165) is 12.2 Å². The smallest absolute Gasteiger partial charge is 0.338 e. The summed E-state index contributed by atoms with van der Waals surface area (Å²) in [7, 11) is 4.41. The number of carbonyl (C=O) groups is 1. The standard InChI is InChI=1S/C12H17NO4/c1-5-13-11-9(15-2)6-8(12(14)17-4)7-10(11)16-3/h6-7,13H,5H2,1-4H3. The molecular weight excluding hydrogens is 222 g/mol. The first-order valence-electron chi connectivity index (χ1n) is 5.26. The molecule has 0 spiro atoms. The van der Waals surface area contributed by atoms with Crippen LogP contribution < -0.4 is 14.8 Å². The largest absolute Gasteiger partial charge is 0.494 e. The Morgan fingerprint density at radius 2 is 1.71 bits per heavy atom. The third kappa shape index (κ3) is 2.81. The predicted octanol–water partition coefficient (Wildman–Crippen LogP) is 1.92. The molecule has 1 aromatic carbocycles. The normalized spacial score (nSPS) is 9.65. The highest BCUT2D eigenvalue weighted by Crippen LogP contribution is 2.36. The van der Waals surface area contributed by atoms with Crippen molar-refractivity contribution in [3.63, 3.8) is 0 Å². The zero-order chi connectivity index (χ0) is 12.8. The fourth-order valence-electron chi connectivity index (χ4n) is 1.50. The lowest BCUT2D eigenvalue weighted by atomic mass is 10.1. The molecule has 0 saturated carbocycles. The molecule has 0 amide bonds. The van der Waals surface area contributed by atoms with Crippen molar-refractivity contribution in [2.24, 2.45) is 0 Å². The number of hydrogen-bond acceptors (Lipinski definition) is 5. The Morgan fingerprint density at radius 1 is 1.18 bits per heavy atom. The van der Waals surface area contributed by atoms with Gasteiger partial charge in [-0.05, 0) is 19.1 Å². The SMILES string of the molecule is CCNc1c(OC)cc(C(=O)OC)cc1OC. The number of rotatable bonds is 5. The Morgan fingerprint density at radius 3 is 2.06 bits per heavy atom. The van der Waals surface area contributed by atoms with Crippen LogP contribution in [0, 0.1) is 0 Å². The molecule has 1 aromatic rings. The highest BCUT2D eigenvalue weighted by Gasteiger charge is 2.15. The van der Waals surface area contributed by atoms with Crippen molar-refractivity contribution in [1.82, 2.24) is 0 Å². The van der Waals surface area contributed by atoms with Crippen molar-refractivity contribution in [2.75, 3.05) is 33.2 Å². The summed E-state index contributed by atoms with van der Waals surface area (Å²) < 4.78 is 15.1. The Balaban J connectivity index is 3.28. The molecule has 5 nitrogen and oxygen atoms in total. The van der Waals surface area contributed by atoms with E-state index in [1.807, 2.05) is 6.92 Å². The van der Waals surface area contributed by atoms with Gasteiger partial charge in [0.2, 0.25) is 0 Å². The fraction of sp³-hybridized carbons (Fsp3) is 0.417. The van der Waals surface area contributed by atoms with E-state index >= 15 is 0 Å². The van der Waals surface area contributed by atoms with Gasteiger partial charge in [0.25, 0.3) is 0 Å². The second-order valence-corrected chi connectivity index (χ2v) is 3.28. The van der Waals surface area contributed by atoms with Gasteiger partial charge in [0.15, 0.2) is 0 Å². The molecule has 0 aliphatic rings. The monoisotopic (exact) mass is 239 g/mol. The van der Waals surface area contributed by atoms with E-state index in [1.165, 1.54) is 21.3 Å². The lowest BCUT2D eigenvalue weighted by Crippen LogP contribution is -2.06. The summed E-state index contributed by atoms with van der Waals surface area (Å²) in [6.45, 7) is 2.69. The molecule has 0 saturated heterocycles. The quantitative estimate of drug-likeness (QED) is 0.795. The molecule has 0 aromatic heterocycles. The van der Waals surface area contributed by atoms with Gasteiger partial charge in [-0.1, -0.05) is 0 Å². The van der Waals surface area contributed by atoms with Gasteiger partial charge < -0.3 is 19.5 Å². The second kappa shape index (κ2) is 5.98. The van der Waals surface area contributed by atoms with Crippen LogP contribution in [0.15, 0.2) is 12.1 Å². The lowest BCUT2D eigenvalue weighted by Gasteiger charge is -2.15. The van der Waals surface area contributed by atoms with Crippen LogP contribution in [0.25, 0.3) is 0 Å². The average molecular weight is 239 g/mol. The minimum atomic E-state index is -0.426. The van der Waals surface area contributed by atoms with E-state index in [0.29, 0.717) is 17.1 Å². The first-order valence-corrected chi connectivity index (χ1v) is 5.26. The predicted molar refractivity (Wildman–Crippen MR) is 65.0 cm³/mol. The van der Waals surface area contributed by atoms with Crippen molar-refractivity contribution >= 4 is 11.7 Å². The molecule has 17 heavy (non-hydrogen) atoms. The zero-order valence-electron chi connectivity index (χ0n) is 10.5. The van der Waals surface area contributed by atoms with Crippen LogP contribution >= 0.6 is 0 Å². The summed E-state index contributed by atoms with van der Waals surface area (Å²) in [4.78, 5) is 11.5. The highest BCUT2D eigenvalue weighted by molar-refractivity contribution is 5.92. The molecule has 1 rings (SSSR count).